The molecule has 0 aliphatic rings. The van der Waals surface area contributed by atoms with Gasteiger partial charge >= 0.3 is 0 Å². The molecule has 2 aromatic rings. The Labute approximate surface area is 168 Å². The van der Waals surface area contributed by atoms with Crippen LogP contribution in [0.3, 0.4) is 0 Å². The van der Waals surface area contributed by atoms with E-state index in [9.17, 15) is 13.2 Å². The van der Waals surface area contributed by atoms with Crippen LogP contribution in [0.2, 0.25) is 5.02 Å². The minimum Gasteiger partial charge on any atom is -0.495 e. The second-order valence-corrected chi connectivity index (χ2v) is 9.51. The number of anilines is 1. The SMILES string of the molecule is COc1ccc(S(=O)(=O)N(C)C)cc1NC(=O)CCSc1ccc(Cl)cc1. The molecule has 0 aliphatic carbocycles. The van der Waals surface area contributed by atoms with Gasteiger partial charge in [0, 0.05) is 36.2 Å². The molecule has 0 bridgehead atoms. The van der Waals surface area contributed by atoms with Crippen molar-refractivity contribution in [2.24, 2.45) is 0 Å². The van der Waals surface area contributed by atoms with E-state index in [1.165, 1.54) is 51.2 Å². The quantitative estimate of drug-likeness (QED) is 0.648. The van der Waals surface area contributed by atoms with E-state index in [1.807, 2.05) is 12.1 Å². The summed E-state index contributed by atoms with van der Waals surface area (Å²) in [7, 11) is 0.755. The molecule has 0 spiro atoms. The van der Waals surface area contributed by atoms with Crippen LogP contribution < -0.4 is 10.1 Å². The van der Waals surface area contributed by atoms with Crippen molar-refractivity contribution < 1.29 is 17.9 Å². The number of nitrogens with one attached hydrogen (secondary N) is 1. The molecule has 9 heteroatoms. The van der Waals surface area contributed by atoms with Gasteiger partial charge in [-0.2, -0.15) is 0 Å². The lowest BCUT2D eigenvalue weighted by Crippen LogP contribution is -2.22. The number of amides is 1. The summed E-state index contributed by atoms with van der Waals surface area (Å²) in [6, 6.07) is 11.7. The third-order valence-electron chi connectivity index (χ3n) is 3.64. The maximum Gasteiger partial charge on any atom is 0.242 e. The molecule has 0 fully saturated rings. The van der Waals surface area contributed by atoms with E-state index in [1.54, 1.807) is 12.1 Å². The van der Waals surface area contributed by atoms with Gasteiger partial charge in [-0.15, -0.1) is 11.8 Å². The fourth-order valence-corrected chi connectivity index (χ4v) is 4.07. The number of ether oxygens (including phenoxy) is 1. The number of carbonyl (C=O) groups is 1. The molecule has 2 rings (SSSR count). The Hall–Kier alpha value is -1.74. The number of hydrogen-bond acceptors (Lipinski definition) is 5. The van der Waals surface area contributed by atoms with Gasteiger partial charge in [0.05, 0.1) is 17.7 Å². The first-order chi connectivity index (χ1) is 12.7. The summed E-state index contributed by atoms with van der Waals surface area (Å²) < 4.78 is 30.9. The summed E-state index contributed by atoms with van der Waals surface area (Å²) in [6.45, 7) is 0. The lowest BCUT2D eigenvalue weighted by atomic mass is 10.3. The minimum atomic E-state index is -3.61. The van der Waals surface area contributed by atoms with Gasteiger partial charge in [0.15, 0.2) is 0 Å². The Morgan fingerprint density at radius 3 is 2.44 bits per heavy atom. The summed E-state index contributed by atoms with van der Waals surface area (Å²) in [5.41, 5.74) is 0.321. The number of nitrogens with zero attached hydrogens (tertiary/aromatic N) is 1. The first-order valence-electron chi connectivity index (χ1n) is 8.03. The maximum atomic E-state index is 12.3. The molecule has 0 aromatic heterocycles. The third kappa shape index (κ3) is 5.87. The average Bonchev–Trinajstić information content (AvgIpc) is 2.63. The molecule has 1 N–H and O–H groups in total. The lowest BCUT2D eigenvalue weighted by molar-refractivity contribution is -0.115. The van der Waals surface area contributed by atoms with Crippen molar-refractivity contribution in [3.8, 4) is 5.75 Å². The molecule has 0 heterocycles. The van der Waals surface area contributed by atoms with Crippen LogP contribution in [0.25, 0.3) is 0 Å². The van der Waals surface area contributed by atoms with Crippen molar-refractivity contribution in [3.05, 3.63) is 47.5 Å². The van der Waals surface area contributed by atoms with Crippen molar-refractivity contribution in [1.82, 2.24) is 4.31 Å². The van der Waals surface area contributed by atoms with E-state index < -0.39 is 10.0 Å². The Bertz CT molecular complexity index is 900. The highest BCUT2D eigenvalue weighted by atomic mass is 35.5. The van der Waals surface area contributed by atoms with Crippen LogP contribution in [0.1, 0.15) is 6.42 Å². The standard InChI is InChI=1S/C18H21ClN2O4S2/c1-21(2)27(23,24)15-8-9-17(25-3)16(12-15)20-18(22)10-11-26-14-6-4-13(19)5-7-14/h4-9,12H,10-11H2,1-3H3,(H,20,22). The van der Waals surface area contributed by atoms with Crippen molar-refractivity contribution in [2.45, 2.75) is 16.2 Å². The number of hydrogen-bond donors (Lipinski definition) is 1. The van der Waals surface area contributed by atoms with Crippen LogP contribution in [0, 0.1) is 0 Å². The Morgan fingerprint density at radius 2 is 1.85 bits per heavy atom. The van der Waals surface area contributed by atoms with Gasteiger partial charge in [0.25, 0.3) is 0 Å². The first kappa shape index (κ1) is 21.6. The van der Waals surface area contributed by atoms with Gasteiger partial charge in [-0.05, 0) is 42.5 Å². The highest BCUT2D eigenvalue weighted by molar-refractivity contribution is 7.99. The van der Waals surface area contributed by atoms with Crippen molar-refractivity contribution >= 4 is 45.0 Å². The van der Waals surface area contributed by atoms with E-state index in [-0.39, 0.29) is 17.2 Å². The molecule has 6 nitrogen and oxygen atoms in total. The van der Waals surface area contributed by atoms with E-state index in [0.29, 0.717) is 22.2 Å². The summed E-state index contributed by atoms with van der Waals surface area (Å²) in [5, 5.41) is 3.39. The smallest absolute Gasteiger partial charge is 0.242 e. The lowest BCUT2D eigenvalue weighted by Gasteiger charge is -2.15. The topological polar surface area (TPSA) is 75.7 Å². The van der Waals surface area contributed by atoms with Crippen LogP contribution in [0.5, 0.6) is 5.75 Å². The van der Waals surface area contributed by atoms with Crippen LogP contribution in [-0.4, -0.2) is 45.6 Å². The summed E-state index contributed by atoms with van der Waals surface area (Å²) in [4.78, 5) is 13.4. The number of thioether (sulfide) groups is 1. The largest absolute Gasteiger partial charge is 0.495 e. The van der Waals surface area contributed by atoms with Gasteiger partial charge in [-0.1, -0.05) is 11.6 Å². The first-order valence-corrected chi connectivity index (χ1v) is 10.8. The van der Waals surface area contributed by atoms with Gasteiger partial charge in [0.2, 0.25) is 15.9 Å². The number of halogens is 1. The van der Waals surface area contributed by atoms with Gasteiger partial charge in [0.1, 0.15) is 5.75 Å². The molecule has 0 atom stereocenters. The molecule has 146 valence electrons. The monoisotopic (exact) mass is 428 g/mol. The summed E-state index contributed by atoms with van der Waals surface area (Å²) >= 11 is 7.38. The Morgan fingerprint density at radius 1 is 1.19 bits per heavy atom. The van der Waals surface area contributed by atoms with Crippen molar-refractivity contribution in [2.75, 3.05) is 32.3 Å². The van der Waals surface area contributed by atoms with Crippen molar-refractivity contribution in [3.63, 3.8) is 0 Å². The zero-order valence-corrected chi connectivity index (χ0v) is 17.6. The molecule has 0 aliphatic heterocycles. The predicted octanol–water partition coefficient (Wildman–Crippen LogP) is 3.72. The molecule has 0 unspecified atom stereocenters. The molecule has 27 heavy (non-hydrogen) atoms. The molecule has 0 radical (unpaired) electrons. The molecular weight excluding hydrogens is 408 g/mol. The number of benzene rings is 2. The highest BCUT2D eigenvalue weighted by Gasteiger charge is 2.19. The van der Waals surface area contributed by atoms with E-state index in [2.05, 4.69) is 5.32 Å². The summed E-state index contributed by atoms with van der Waals surface area (Å²) in [5.74, 6) is 0.742. The van der Waals surface area contributed by atoms with Gasteiger partial charge in [-0.25, -0.2) is 12.7 Å². The Balaban J connectivity index is 2.04. The molecular formula is C18H21ClN2O4S2. The average molecular weight is 429 g/mol. The van der Waals surface area contributed by atoms with Crippen LogP contribution >= 0.6 is 23.4 Å². The second-order valence-electron chi connectivity index (χ2n) is 5.75. The second kappa shape index (κ2) is 9.45. The maximum absolute atomic E-state index is 12.3. The van der Waals surface area contributed by atoms with Gasteiger partial charge in [-0.3, -0.25) is 4.79 Å². The molecule has 1 amide bonds. The number of methoxy groups -OCH3 is 1. The van der Waals surface area contributed by atoms with Crippen LogP contribution in [0.15, 0.2) is 52.3 Å². The number of rotatable bonds is 8. The fraction of sp³-hybridized carbons (Fsp3) is 0.278. The van der Waals surface area contributed by atoms with E-state index in [0.717, 1.165) is 9.20 Å². The van der Waals surface area contributed by atoms with E-state index >= 15 is 0 Å². The van der Waals surface area contributed by atoms with Crippen LogP contribution in [-0.2, 0) is 14.8 Å². The molecule has 2 aromatic carbocycles. The molecule has 0 saturated heterocycles. The Kier molecular flexibility index (Phi) is 7.55. The van der Waals surface area contributed by atoms with Crippen molar-refractivity contribution in [1.29, 1.82) is 0 Å². The normalized spacial score (nSPS) is 11.4. The molecule has 0 saturated carbocycles. The van der Waals surface area contributed by atoms with Crippen LogP contribution in [0.4, 0.5) is 5.69 Å². The predicted molar refractivity (Wildman–Crippen MR) is 109 cm³/mol. The van der Waals surface area contributed by atoms with Gasteiger partial charge < -0.3 is 10.1 Å². The zero-order chi connectivity index (χ0) is 20.0. The summed E-state index contributed by atoms with van der Waals surface area (Å²) in [6.07, 6.45) is 0.265. The number of sulfonamides is 1. The zero-order valence-electron chi connectivity index (χ0n) is 15.2. The third-order valence-corrected chi connectivity index (χ3v) is 6.71. The fourth-order valence-electron chi connectivity index (χ4n) is 2.16. The minimum absolute atomic E-state index is 0.0825. The number of carbonyl (C=O) groups excluding carboxylic acids is 1. The highest BCUT2D eigenvalue weighted by Crippen LogP contribution is 2.29. The van der Waals surface area contributed by atoms with E-state index in [4.69, 9.17) is 16.3 Å².